The lowest BCUT2D eigenvalue weighted by atomic mass is 10.3. The molecule has 0 atom stereocenters. The number of ether oxygens (including phenoxy) is 2. The molecule has 0 aliphatic carbocycles. The summed E-state index contributed by atoms with van der Waals surface area (Å²) in [6.07, 6.45) is 2.21. The van der Waals surface area contributed by atoms with Crippen molar-refractivity contribution >= 4 is 11.8 Å². The number of carbonyl (C=O) groups excluding carboxylic acids is 2. The average Bonchev–Trinajstić information content (AvgIpc) is 2.30. The Kier molecular flexibility index (Phi) is 4.79. The van der Waals surface area contributed by atoms with E-state index in [1.807, 2.05) is 0 Å². The Labute approximate surface area is 93.5 Å². The van der Waals surface area contributed by atoms with Crippen LogP contribution in [0.1, 0.15) is 6.92 Å². The number of hydrogen-bond acceptors (Lipinski definition) is 4. The molecule has 0 aliphatic rings. The van der Waals surface area contributed by atoms with Crippen LogP contribution >= 0.6 is 0 Å². The van der Waals surface area contributed by atoms with E-state index in [-0.39, 0.29) is 0 Å². The third-order valence-electron chi connectivity index (χ3n) is 1.64. The minimum Gasteiger partial charge on any atom is -0.501 e. The molecule has 0 radical (unpaired) electrons. The molecule has 4 heteroatoms. The Morgan fingerprint density at radius 3 is 2.56 bits per heavy atom. The largest absolute Gasteiger partial charge is 0.501 e. The number of carbonyl (C=O) groups is 2. The predicted molar refractivity (Wildman–Crippen MR) is 57.9 cm³/mol. The smallest absolute Gasteiger partial charge is 0.384 e. The van der Waals surface area contributed by atoms with E-state index in [4.69, 9.17) is 9.47 Å². The van der Waals surface area contributed by atoms with Gasteiger partial charge < -0.3 is 9.47 Å². The van der Waals surface area contributed by atoms with Gasteiger partial charge in [0.1, 0.15) is 5.75 Å². The van der Waals surface area contributed by atoms with Gasteiger partial charge in [-0.05, 0) is 19.1 Å². The van der Waals surface area contributed by atoms with E-state index in [0.29, 0.717) is 12.4 Å². The minimum atomic E-state index is -0.929. The quantitative estimate of drug-likeness (QED) is 0.249. The van der Waals surface area contributed by atoms with E-state index in [1.165, 1.54) is 6.26 Å². The Bertz CT molecular complexity index is 381. The highest BCUT2D eigenvalue weighted by Crippen LogP contribution is 2.08. The minimum absolute atomic E-state index is 0.339. The molecule has 4 nitrogen and oxygen atoms in total. The first kappa shape index (κ1) is 12.0. The number of para-hydroxylation sites is 1. The van der Waals surface area contributed by atoms with Crippen molar-refractivity contribution < 1.29 is 19.1 Å². The average molecular weight is 220 g/mol. The first-order valence-electron chi connectivity index (χ1n) is 4.83. The van der Waals surface area contributed by atoms with Crippen molar-refractivity contribution in [2.24, 2.45) is 0 Å². The van der Waals surface area contributed by atoms with Crippen molar-refractivity contribution in [2.45, 2.75) is 6.92 Å². The molecule has 84 valence electrons. The Balaban J connectivity index is 2.50. The molecule has 0 fully saturated rings. The highest BCUT2D eigenvalue weighted by molar-refractivity contribution is 6.38. The van der Waals surface area contributed by atoms with Crippen LogP contribution < -0.4 is 4.74 Å². The van der Waals surface area contributed by atoms with Crippen LogP contribution in [0, 0.1) is 0 Å². The summed E-state index contributed by atoms with van der Waals surface area (Å²) < 4.78 is 9.61. The molecule has 0 amide bonds. The molecule has 0 unspecified atom stereocenters. The maximum absolute atomic E-state index is 11.2. The van der Waals surface area contributed by atoms with E-state index in [9.17, 15) is 9.59 Å². The van der Waals surface area contributed by atoms with Gasteiger partial charge in [0, 0.05) is 6.08 Å². The van der Waals surface area contributed by atoms with Crippen LogP contribution in [0.4, 0.5) is 0 Å². The third kappa shape index (κ3) is 3.96. The maximum Gasteiger partial charge on any atom is 0.384 e. The van der Waals surface area contributed by atoms with Crippen LogP contribution in [0.2, 0.25) is 0 Å². The molecule has 1 aromatic rings. The van der Waals surface area contributed by atoms with Crippen molar-refractivity contribution in [3.05, 3.63) is 42.7 Å². The number of hydrogen-bond donors (Lipinski definition) is 0. The van der Waals surface area contributed by atoms with Gasteiger partial charge in [-0.25, -0.2) is 4.79 Å². The van der Waals surface area contributed by atoms with E-state index in [2.05, 4.69) is 0 Å². The second-order valence-corrected chi connectivity index (χ2v) is 2.82. The van der Waals surface area contributed by atoms with Gasteiger partial charge >= 0.3 is 5.97 Å². The SMILES string of the molecule is CCO/C=C/C(=O)C(=O)Oc1ccccc1. The van der Waals surface area contributed by atoms with Gasteiger partial charge in [0.05, 0.1) is 12.9 Å². The summed E-state index contributed by atoms with van der Waals surface area (Å²) in [5, 5.41) is 0. The van der Waals surface area contributed by atoms with E-state index < -0.39 is 11.8 Å². The van der Waals surface area contributed by atoms with Crippen molar-refractivity contribution in [3.63, 3.8) is 0 Å². The maximum atomic E-state index is 11.2. The van der Waals surface area contributed by atoms with Crippen LogP contribution in [0.3, 0.4) is 0 Å². The highest BCUT2D eigenvalue weighted by Gasteiger charge is 2.12. The van der Waals surface area contributed by atoms with Gasteiger partial charge in [0.2, 0.25) is 0 Å². The second kappa shape index (κ2) is 6.40. The van der Waals surface area contributed by atoms with E-state index in [0.717, 1.165) is 6.08 Å². The third-order valence-corrected chi connectivity index (χ3v) is 1.64. The fourth-order valence-corrected chi connectivity index (χ4v) is 0.920. The lowest BCUT2D eigenvalue weighted by molar-refractivity contribution is -0.144. The van der Waals surface area contributed by atoms with Crippen molar-refractivity contribution in [1.82, 2.24) is 0 Å². The van der Waals surface area contributed by atoms with Gasteiger partial charge in [-0.2, -0.15) is 0 Å². The summed E-state index contributed by atoms with van der Waals surface area (Å²) in [5.74, 6) is -1.34. The summed E-state index contributed by atoms with van der Waals surface area (Å²) in [7, 11) is 0. The zero-order valence-corrected chi connectivity index (χ0v) is 8.88. The summed E-state index contributed by atoms with van der Waals surface area (Å²) in [6, 6.07) is 8.40. The molecule has 0 heterocycles. The molecule has 0 bridgehead atoms. The molecule has 0 aromatic heterocycles. The number of rotatable bonds is 5. The first-order valence-corrected chi connectivity index (χ1v) is 4.83. The fraction of sp³-hybridized carbons (Fsp3) is 0.167. The number of esters is 1. The van der Waals surface area contributed by atoms with Crippen LogP contribution in [0.25, 0.3) is 0 Å². The van der Waals surface area contributed by atoms with Crippen LogP contribution in [0.5, 0.6) is 5.75 Å². The van der Waals surface area contributed by atoms with Crippen LogP contribution in [-0.2, 0) is 14.3 Å². The highest BCUT2D eigenvalue weighted by atomic mass is 16.5. The fourth-order valence-electron chi connectivity index (χ4n) is 0.920. The van der Waals surface area contributed by atoms with Gasteiger partial charge in [0.15, 0.2) is 0 Å². The van der Waals surface area contributed by atoms with Crippen LogP contribution in [-0.4, -0.2) is 18.4 Å². The zero-order chi connectivity index (χ0) is 11.8. The van der Waals surface area contributed by atoms with Crippen molar-refractivity contribution in [2.75, 3.05) is 6.61 Å². The van der Waals surface area contributed by atoms with E-state index in [1.54, 1.807) is 37.3 Å². The van der Waals surface area contributed by atoms with Gasteiger partial charge in [-0.1, -0.05) is 18.2 Å². The predicted octanol–water partition coefficient (Wildman–Crippen LogP) is 1.71. The molecular weight excluding hydrogens is 208 g/mol. The molecule has 0 aliphatic heterocycles. The summed E-state index contributed by atoms with van der Waals surface area (Å²) in [5.41, 5.74) is 0. The standard InChI is InChI=1S/C12H12O4/c1-2-15-9-8-11(13)12(14)16-10-6-4-3-5-7-10/h3-9H,2H2,1H3/b9-8+. The first-order chi connectivity index (χ1) is 7.74. The van der Waals surface area contributed by atoms with Crippen molar-refractivity contribution in [3.8, 4) is 5.75 Å². The topological polar surface area (TPSA) is 52.6 Å². The molecule has 1 aromatic carbocycles. The monoisotopic (exact) mass is 220 g/mol. The Hall–Kier alpha value is -2.10. The lowest BCUT2D eigenvalue weighted by Crippen LogP contribution is -2.18. The molecule has 16 heavy (non-hydrogen) atoms. The summed E-state index contributed by atoms with van der Waals surface area (Å²) in [4.78, 5) is 22.4. The number of benzene rings is 1. The second-order valence-electron chi connectivity index (χ2n) is 2.82. The van der Waals surface area contributed by atoms with Gasteiger partial charge in [-0.3, -0.25) is 4.79 Å². The summed E-state index contributed by atoms with van der Waals surface area (Å²) in [6.45, 7) is 2.22. The molecule has 0 N–H and O–H groups in total. The molecule has 0 spiro atoms. The molecule has 1 rings (SSSR count). The number of ketones is 1. The van der Waals surface area contributed by atoms with Crippen LogP contribution in [0.15, 0.2) is 42.7 Å². The zero-order valence-electron chi connectivity index (χ0n) is 8.88. The summed E-state index contributed by atoms with van der Waals surface area (Å²) >= 11 is 0. The lowest BCUT2D eigenvalue weighted by Gasteiger charge is -2.00. The Morgan fingerprint density at radius 2 is 1.94 bits per heavy atom. The molecule has 0 saturated carbocycles. The van der Waals surface area contributed by atoms with Gasteiger partial charge in [-0.15, -0.1) is 0 Å². The van der Waals surface area contributed by atoms with Gasteiger partial charge in [0.25, 0.3) is 5.78 Å². The van der Waals surface area contributed by atoms with E-state index >= 15 is 0 Å². The van der Waals surface area contributed by atoms with Crippen molar-refractivity contribution in [1.29, 1.82) is 0 Å². The normalized spacial score (nSPS) is 10.1. The Morgan fingerprint density at radius 1 is 1.25 bits per heavy atom. The molecule has 0 saturated heterocycles. The molecular formula is C12H12O4.